The maximum Gasteiger partial charge on any atom is 0.240 e. The first kappa shape index (κ1) is 13.6. The highest BCUT2D eigenvalue weighted by Gasteiger charge is 2.21. The van der Waals surface area contributed by atoms with Crippen molar-refractivity contribution >= 4 is 17.7 Å². The van der Waals surface area contributed by atoms with E-state index in [1.54, 1.807) is 6.20 Å². The highest BCUT2D eigenvalue weighted by molar-refractivity contribution is 5.82. The number of rotatable bonds is 6. The molecule has 2 rings (SSSR count). The lowest BCUT2D eigenvalue weighted by Gasteiger charge is -2.27. The quantitative estimate of drug-likeness (QED) is 0.720. The standard InChI is InChI=1S/C13H21N5O/c1-8(2)11(12(14)19)18-13-15-7-6-10(17-13)16-9-4-3-5-9/h6-9,11H,3-5H2,1-2H3,(H2,14,19)(H2,15,16,17,18)/t11-/m1/s1. The summed E-state index contributed by atoms with van der Waals surface area (Å²) in [5.74, 6) is 0.913. The van der Waals surface area contributed by atoms with Gasteiger partial charge in [0.2, 0.25) is 11.9 Å². The number of amides is 1. The average Bonchev–Trinajstić information content (AvgIpc) is 2.31. The summed E-state index contributed by atoms with van der Waals surface area (Å²) >= 11 is 0. The van der Waals surface area contributed by atoms with Crippen molar-refractivity contribution in [3.63, 3.8) is 0 Å². The summed E-state index contributed by atoms with van der Waals surface area (Å²) in [4.78, 5) is 19.8. The molecule has 0 unspecified atom stereocenters. The van der Waals surface area contributed by atoms with Gasteiger partial charge in [0, 0.05) is 12.2 Å². The molecule has 0 aliphatic heterocycles. The first-order valence-electron chi connectivity index (χ1n) is 6.71. The van der Waals surface area contributed by atoms with Crippen molar-refractivity contribution in [1.29, 1.82) is 0 Å². The van der Waals surface area contributed by atoms with E-state index in [0.29, 0.717) is 12.0 Å². The van der Waals surface area contributed by atoms with Crippen LogP contribution in [-0.2, 0) is 4.79 Å². The number of anilines is 2. The summed E-state index contributed by atoms with van der Waals surface area (Å²) < 4.78 is 0. The second-order valence-electron chi connectivity index (χ2n) is 5.31. The van der Waals surface area contributed by atoms with E-state index in [2.05, 4.69) is 20.6 Å². The lowest BCUT2D eigenvalue weighted by atomic mass is 9.93. The maximum absolute atomic E-state index is 11.4. The molecule has 1 aromatic heterocycles. The van der Waals surface area contributed by atoms with Gasteiger partial charge in [-0.15, -0.1) is 0 Å². The van der Waals surface area contributed by atoms with Crippen LogP contribution >= 0.6 is 0 Å². The van der Waals surface area contributed by atoms with Crippen LogP contribution in [0.2, 0.25) is 0 Å². The first-order valence-corrected chi connectivity index (χ1v) is 6.71. The molecule has 4 N–H and O–H groups in total. The van der Waals surface area contributed by atoms with Crippen molar-refractivity contribution in [2.24, 2.45) is 11.7 Å². The molecule has 1 heterocycles. The third-order valence-electron chi connectivity index (χ3n) is 3.37. The van der Waals surface area contributed by atoms with Gasteiger partial charge in [-0.25, -0.2) is 4.98 Å². The lowest BCUT2D eigenvalue weighted by molar-refractivity contribution is -0.119. The Hall–Kier alpha value is -1.85. The van der Waals surface area contributed by atoms with E-state index >= 15 is 0 Å². The largest absolute Gasteiger partial charge is 0.368 e. The second kappa shape index (κ2) is 5.86. The van der Waals surface area contributed by atoms with Gasteiger partial charge < -0.3 is 16.4 Å². The Balaban J connectivity index is 2.02. The number of hydrogen-bond acceptors (Lipinski definition) is 5. The molecule has 1 aromatic rings. The van der Waals surface area contributed by atoms with Gasteiger partial charge in [0.15, 0.2) is 0 Å². The summed E-state index contributed by atoms with van der Waals surface area (Å²) in [7, 11) is 0. The van der Waals surface area contributed by atoms with Crippen molar-refractivity contribution < 1.29 is 4.79 Å². The normalized spacial score (nSPS) is 16.8. The number of nitrogens with one attached hydrogen (secondary N) is 2. The fourth-order valence-corrected chi connectivity index (χ4v) is 1.98. The van der Waals surface area contributed by atoms with Crippen molar-refractivity contribution in [3.8, 4) is 0 Å². The molecular formula is C13H21N5O. The molecule has 1 aliphatic rings. The zero-order valence-electron chi connectivity index (χ0n) is 11.4. The van der Waals surface area contributed by atoms with Crippen LogP contribution in [0.3, 0.4) is 0 Å². The summed E-state index contributed by atoms with van der Waals surface area (Å²) in [5, 5.41) is 6.33. The smallest absolute Gasteiger partial charge is 0.240 e. The Morgan fingerprint density at radius 3 is 2.74 bits per heavy atom. The van der Waals surface area contributed by atoms with Crippen LogP contribution in [0.1, 0.15) is 33.1 Å². The van der Waals surface area contributed by atoms with Gasteiger partial charge in [-0.05, 0) is 31.2 Å². The minimum absolute atomic E-state index is 0.0874. The number of nitrogens with two attached hydrogens (primary N) is 1. The zero-order chi connectivity index (χ0) is 13.8. The van der Waals surface area contributed by atoms with Crippen molar-refractivity contribution in [1.82, 2.24) is 9.97 Å². The highest BCUT2D eigenvalue weighted by Crippen LogP contribution is 2.22. The number of primary amides is 1. The molecule has 104 valence electrons. The van der Waals surface area contributed by atoms with Gasteiger partial charge in [0.25, 0.3) is 0 Å². The fourth-order valence-electron chi connectivity index (χ4n) is 1.98. The molecule has 1 saturated carbocycles. The summed E-state index contributed by atoms with van der Waals surface area (Å²) in [6, 6.07) is 1.89. The van der Waals surface area contributed by atoms with E-state index in [1.165, 1.54) is 19.3 Å². The van der Waals surface area contributed by atoms with Gasteiger partial charge in [-0.2, -0.15) is 4.98 Å². The molecule has 6 heteroatoms. The highest BCUT2D eigenvalue weighted by atomic mass is 16.1. The van der Waals surface area contributed by atoms with Crippen LogP contribution in [0, 0.1) is 5.92 Å². The SMILES string of the molecule is CC(C)[C@@H](Nc1nccc(NC2CCC2)n1)C(N)=O. The van der Waals surface area contributed by atoms with E-state index in [-0.39, 0.29) is 5.92 Å². The van der Waals surface area contributed by atoms with Gasteiger partial charge in [0.1, 0.15) is 11.9 Å². The number of carbonyl (C=O) groups excluding carboxylic acids is 1. The molecule has 1 fully saturated rings. The van der Waals surface area contributed by atoms with Crippen LogP contribution in [0.5, 0.6) is 0 Å². The maximum atomic E-state index is 11.4. The van der Waals surface area contributed by atoms with Crippen LogP contribution in [0.15, 0.2) is 12.3 Å². The monoisotopic (exact) mass is 263 g/mol. The molecule has 1 amide bonds. The number of carbonyl (C=O) groups is 1. The Morgan fingerprint density at radius 1 is 1.47 bits per heavy atom. The summed E-state index contributed by atoms with van der Waals surface area (Å²) in [6.45, 7) is 3.86. The average molecular weight is 263 g/mol. The van der Waals surface area contributed by atoms with Crippen molar-refractivity contribution in [3.05, 3.63) is 12.3 Å². The van der Waals surface area contributed by atoms with E-state index in [1.807, 2.05) is 19.9 Å². The van der Waals surface area contributed by atoms with E-state index in [4.69, 9.17) is 5.73 Å². The van der Waals surface area contributed by atoms with E-state index in [9.17, 15) is 4.79 Å². The Kier molecular flexibility index (Phi) is 4.19. The summed E-state index contributed by atoms with van der Waals surface area (Å²) in [5.41, 5.74) is 5.36. The van der Waals surface area contributed by atoms with Gasteiger partial charge in [-0.1, -0.05) is 13.8 Å². The molecular weight excluding hydrogens is 242 g/mol. The van der Waals surface area contributed by atoms with Gasteiger partial charge >= 0.3 is 0 Å². The molecule has 0 saturated heterocycles. The van der Waals surface area contributed by atoms with E-state index < -0.39 is 11.9 Å². The fraction of sp³-hybridized carbons (Fsp3) is 0.615. The van der Waals surface area contributed by atoms with Gasteiger partial charge in [0.05, 0.1) is 0 Å². The van der Waals surface area contributed by atoms with Crippen molar-refractivity contribution in [2.75, 3.05) is 10.6 Å². The van der Waals surface area contributed by atoms with Crippen LogP contribution in [0.25, 0.3) is 0 Å². The molecule has 19 heavy (non-hydrogen) atoms. The molecule has 0 spiro atoms. The van der Waals surface area contributed by atoms with Gasteiger partial charge in [-0.3, -0.25) is 4.79 Å². The van der Waals surface area contributed by atoms with Crippen LogP contribution < -0.4 is 16.4 Å². The lowest BCUT2D eigenvalue weighted by Crippen LogP contribution is -2.40. The minimum Gasteiger partial charge on any atom is -0.368 e. The van der Waals surface area contributed by atoms with Crippen LogP contribution in [0.4, 0.5) is 11.8 Å². The molecule has 6 nitrogen and oxygen atoms in total. The number of nitrogens with zero attached hydrogens (tertiary/aromatic N) is 2. The Bertz CT molecular complexity index is 444. The molecule has 0 radical (unpaired) electrons. The first-order chi connectivity index (χ1) is 9.06. The Labute approximate surface area is 113 Å². The second-order valence-corrected chi connectivity index (χ2v) is 5.31. The molecule has 1 aliphatic carbocycles. The number of aromatic nitrogens is 2. The third kappa shape index (κ3) is 3.56. The third-order valence-corrected chi connectivity index (χ3v) is 3.37. The Morgan fingerprint density at radius 2 is 2.21 bits per heavy atom. The topological polar surface area (TPSA) is 92.9 Å². The molecule has 1 atom stereocenters. The number of hydrogen-bond donors (Lipinski definition) is 3. The predicted molar refractivity (Wildman–Crippen MR) is 74.7 cm³/mol. The van der Waals surface area contributed by atoms with E-state index in [0.717, 1.165) is 5.82 Å². The molecule has 0 aromatic carbocycles. The van der Waals surface area contributed by atoms with Crippen molar-refractivity contribution in [2.45, 2.75) is 45.2 Å². The summed E-state index contributed by atoms with van der Waals surface area (Å²) in [6.07, 6.45) is 5.31. The van der Waals surface area contributed by atoms with Crippen LogP contribution in [-0.4, -0.2) is 28.0 Å². The predicted octanol–water partition coefficient (Wildman–Crippen LogP) is 1.36. The zero-order valence-corrected chi connectivity index (χ0v) is 11.4. The molecule has 0 bridgehead atoms. The minimum atomic E-state index is -0.459.